The van der Waals surface area contributed by atoms with Gasteiger partial charge in [0.1, 0.15) is 18.1 Å². The van der Waals surface area contributed by atoms with Crippen molar-refractivity contribution in [2.45, 2.75) is 23.7 Å². The van der Waals surface area contributed by atoms with Crippen molar-refractivity contribution in [1.29, 1.82) is 0 Å². The van der Waals surface area contributed by atoms with Gasteiger partial charge in [-0.05, 0) is 44.2 Å². The van der Waals surface area contributed by atoms with Crippen LogP contribution in [0.15, 0.2) is 42.5 Å². The molecule has 0 aliphatic carbocycles. The Labute approximate surface area is 183 Å². The number of ether oxygens (including phenoxy) is 2. The molecule has 0 aromatic heterocycles. The van der Waals surface area contributed by atoms with Crippen molar-refractivity contribution in [2.24, 2.45) is 0 Å². The number of alkyl halides is 3. The van der Waals surface area contributed by atoms with Gasteiger partial charge in [-0.2, -0.15) is 0 Å². The number of carbonyl (C=O) groups excluding carboxylic acids is 2. The van der Waals surface area contributed by atoms with Gasteiger partial charge in [-0.25, -0.2) is 0 Å². The van der Waals surface area contributed by atoms with Crippen molar-refractivity contribution in [3.8, 4) is 11.5 Å². The third-order valence-electron chi connectivity index (χ3n) is 4.29. The molecular formula is C20H19Cl3N2O4. The lowest BCUT2D eigenvalue weighted by molar-refractivity contribution is -0.125. The maximum absolute atomic E-state index is 12.7. The average Bonchev–Trinajstić information content (AvgIpc) is 2.66. The van der Waals surface area contributed by atoms with Crippen LogP contribution in [0.1, 0.15) is 12.5 Å². The first-order valence-corrected chi connectivity index (χ1v) is 9.98. The zero-order valence-electron chi connectivity index (χ0n) is 15.7. The second-order valence-electron chi connectivity index (χ2n) is 6.55. The van der Waals surface area contributed by atoms with Crippen molar-refractivity contribution >= 4 is 58.0 Å². The highest BCUT2D eigenvalue weighted by Crippen LogP contribution is 2.37. The summed E-state index contributed by atoms with van der Waals surface area (Å²) in [4.78, 5) is 26.1. The summed E-state index contributed by atoms with van der Waals surface area (Å²) in [6.45, 7) is 4.26. The highest BCUT2D eigenvalue weighted by molar-refractivity contribution is 6.76. The molecule has 6 nitrogen and oxygen atoms in total. The first-order valence-electron chi connectivity index (χ1n) is 8.85. The van der Waals surface area contributed by atoms with Crippen LogP contribution >= 0.6 is 34.8 Å². The zero-order valence-corrected chi connectivity index (χ0v) is 18.0. The van der Waals surface area contributed by atoms with Crippen molar-refractivity contribution in [3.63, 3.8) is 0 Å². The van der Waals surface area contributed by atoms with Crippen molar-refractivity contribution in [2.75, 3.05) is 23.4 Å². The van der Waals surface area contributed by atoms with Gasteiger partial charge in [-0.1, -0.05) is 52.5 Å². The summed E-state index contributed by atoms with van der Waals surface area (Å²) in [6.07, 6.45) is -0.636. The third-order valence-corrected chi connectivity index (χ3v) is 4.80. The minimum absolute atomic E-state index is 0.213. The van der Waals surface area contributed by atoms with Crippen LogP contribution in [0.3, 0.4) is 0 Å². The molecule has 1 aliphatic rings. The summed E-state index contributed by atoms with van der Waals surface area (Å²) >= 11 is 16.8. The molecule has 1 N–H and O–H groups in total. The summed E-state index contributed by atoms with van der Waals surface area (Å²) in [7, 11) is 0. The molecule has 2 amide bonds. The predicted molar refractivity (Wildman–Crippen MR) is 114 cm³/mol. The van der Waals surface area contributed by atoms with E-state index in [4.69, 9.17) is 44.3 Å². The smallest absolute Gasteiger partial charge is 0.276 e. The van der Waals surface area contributed by atoms with Crippen LogP contribution in [0.2, 0.25) is 0 Å². The predicted octanol–water partition coefficient (Wildman–Crippen LogP) is 4.50. The zero-order chi connectivity index (χ0) is 21.2. The third kappa shape index (κ3) is 5.26. The van der Waals surface area contributed by atoms with Gasteiger partial charge in [0.05, 0.1) is 12.2 Å². The molecule has 29 heavy (non-hydrogen) atoms. The van der Waals surface area contributed by atoms with Crippen LogP contribution in [0.5, 0.6) is 11.5 Å². The van der Waals surface area contributed by atoms with Gasteiger partial charge < -0.3 is 19.7 Å². The van der Waals surface area contributed by atoms with Gasteiger partial charge in [0, 0.05) is 5.69 Å². The second kappa shape index (κ2) is 8.69. The van der Waals surface area contributed by atoms with E-state index in [1.54, 1.807) is 30.0 Å². The Kier molecular flexibility index (Phi) is 6.46. The minimum Gasteiger partial charge on any atom is -0.492 e. The fourth-order valence-corrected chi connectivity index (χ4v) is 2.95. The maximum atomic E-state index is 12.7. The number of fused-ring (bicyclic) bond motifs is 1. The number of anilines is 2. The van der Waals surface area contributed by atoms with Crippen LogP contribution in [-0.4, -0.2) is 34.9 Å². The lowest BCUT2D eigenvalue weighted by atomic mass is 10.1. The van der Waals surface area contributed by atoms with Crippen molar-refractivity contribution < 1.29 is 19.1 Å². The molecule has 1 atom stereocenters. The van der Waals surface area contributed by atoms with Crippen LogP contribution < -0.4 is 19.7 Å². The summed E-state index contributed by atoms with van der Waals surface area (Å²) in [5.74, 6) is 0.218. The van der Waals surface area contributed by atoms with E-state index >= 15 is 0 Å². The van der Waals surface area contributed by atoms with E-state index in [1.165, 1.54) is 0 Å². The Balaban J connectivity index is 1.76. The Bertz CT molecular complexity index is 913. The molecule has 1 heterocycles. The first kappa shape index (κ1) is 21.6. The lowest BCUT2D eigenvalue weighted by Crippen LogP contribution is -2.46. The summed E-state index contributed by atoms with van der Waals surface area (Å²) in [5.41, 5.74) is 2.01. The summed E-state index contributed by atoms with van der Waals surface area (Å²) in [6, 6.07) is 12.5. The molecule has 2 aromatic carbocycles. The maximum Gasteiger partial charge on any atom is 0.276 e. The minimum atomic E-state index is -2.10. The van der Waals surface area contributed by atoms with E-state index in [0.717, 1.165) is 5.56 Å². The van der Waals surface area contributed by atoms with Crippen LogP contribution in [0.4, 0.5) is 11.4 Å². The molecule has 154 valence electrons. The van der Waals surface area contributed by atoms with Gasteiger partial charge in [0.2, 0.25) is 0 Å². The number of amides is 2. The Morgan fingerprint density at radius 1 is 1.21 bits per heavy atom. The van der Waals surface area contributed by atoms with E-state index in [0.29, 0.717) is 29.4 Å². The van der Waals surface area contributed by atoms with E-state index in [2.05, 4.69) is 5.32 Å². The SMILES string of the molecule is Cc1ccc(OCCN2C(=O)C(C)Oc3ccc(NC(=O)C(Cl)(Cl)Cl)cc32)cc1. The number of nitrogens with zero attached hydrogens (tertiary/aromatic N) is 1. The number of hydrogen-bond acceptors (Lipinski definition) is 4. The molecule has 0 radical (unpaired) electrons. The Morgan fingerprint density at radius 2 is 1.90 bits per heavy atom. The number of halogens is 3. The quantitative estimate of drug-likeness (QED) is 0.672. The molecule has 2 aromatic rings. The van der Waals surface area contributed by atoms with Crippen molar-refractivity contribution in [3.05, 3.63) is 48.0 Å². The standard InChI is InChI=1S/C20H19Cl3N2O4/c1-12-3-6-15(7-4-12)28-10-9-25-16-11-14(24-19(27)20(21,22)23)5-8-17(16)29-13(2)18(25)26/h3-8,11,13H,9-10H2,1-2H3,(H,24,27). The molecule has 3 rings (SSSR count). The second-order valence-corrected chi connectivity index (χ2v) is 8.83. The summed E-state index contributed by atoms with van der Waals surface area (Å²) < 4.78 is 9.30. The van der Waals surface area contributed by atoms with Crippen LogP contribution in [0, 0.1) is 6.92 Å². The number of hydrogen-bond donors (Lipinski definition) is 1. The normalized spacial score (nSPS) is 16.1. The number of carbonyl (C=O) groups is 2. The van der Waals surface area contributed by atoms with Gasteiger partial charge >= 0.3 is 0 Å². The molecule has 0 spiro atoms. The first-order chi connectivity index (χ1) is 13.6. The Morgan fingerprint density at radius 3 is 2.55 bits per heavy atom. The fraction of sp³-hybridized carbons (Fsp3) is 0.300. The summed E-state index contributed by atoms with van der Waals surface area (Å²) in [5, 5.41) is 2.51. The average molecular weight is 458 g/mol. The number of rotatable bonds is 5. The molecule has 0 saturated heterocycles. The molecular weight excluding hydrogens is 439 g/mol. The fourth-order valence-electron chi connectivity index (χ4n) is 2.81. The van der Waals surface area contributed by atoms with Gasteiger partial charge in [0.25, 0.3) is 15.6 Å². The number of aryl methyl sites for hydroxylation is 1. The van der Waals surface area contributed by atoms with Crippen LogP contribution in [-0.2, 0) is 9.59 Å². The largest absolute Gasteiger partial charge is 0.492 e. The van der Waals surface area contributed by atoms with E-state index in [-0.39, 0.29) is 12.5 Å². The van der Waals surface area contributed by atoms with Crippen LogP contribution in [0.25, 0.3) is 0 Å². The van der Waals surface area contributed by atoms with E-state index in [9.17, 15) is 9.59 Å². The Hall–Kier alpha value is -2.15. The highest BCUT2D eigenvalue weighted by Gasteiger charge is 2.33. The molecule has 1 unspecified atom stereocenters. The molecule has 1 aliphatic heterocycles. The molecule has 9 heteroatoms. The molecule has 0 fully saturated rings. The topological polar surface area (TPSA) is 67.9 Å². The molecule has 0 bridgehead atoms. The van der Waals surface area contributed by atoms with Gasteiger partial charge in [-0.15, -0.1) is 0 Å². The van der Waals surface area contributed by atoms with E-state index < -0.39 is 15.8 Å². The van der Waals surface area contributed by atoms with Crippen molar-refractivity contribution in [1.82, 2.24) is 0 Å². The lowest BCUT2D eigenvalue weighted by Gasteiger charge is -2.33. The molecule has 0 saturated carbocycles. The monoisotopic (exact) mass is 456 g/mol. The number of nitrogens with one attached hydrogen (secondary N) is 1. The number of benzene rings is 2. The van der Waals surface area contributed by atoms with Gasteiger partial charge in [-0.3, -0.25) is 9.59 Å². The van der Waals surface area contributed by atoms with E-state index in [1.807, 2.05) is 31.2 Å². The highest BCUT2D eigenvalue weighted by atomic mass is 35.6. The van der Waals surface area contributed by atoms with Gasteiger partial charge in [0.15, 0.2) is 6.10 Å².